The van der Waals surface area contributed by atoms with Crippen LogP contribution in [0, 0.1) is 5.92 Å². The highest BCUT2D eigenvalue weighted by atomic mass is 32.1. The third-order valence-electron chi connectivity index (χ3n) is 2.87. The lowest BCUT2D eigenvalue weighted by molar-refractivity contribution is 0.395. The molecule has 0 radical (unpaired) electrons. The van der Waals surface area contributed by atoms with Gasteiger partial charge in [-0.15, -0.1) is 5.10 Å². The zero-order valence-electron chi connectivity index (χ0n) is 7.86. The molecule has 1 unspecified atom stereocenters. The molecular weight excluding hydrogens is 182 g/mol. The second kappa shape index (κ2) is 4.15. The Morgan fingerprint density at radius 2 is 2.31 bits per heavy atom. The van der Waals surface area contributed by atoms with Crippen molar-refractivity contribution in [3.8, 4) is 0 Å². The van der Waals surface area contributed by atoms with Gasteiger partial charge in [-0.25, -0.2) is 0 Å². The first kappa shape index (κ1) is 9.09. The Bertz CT molecular complexity index is 241. The van der Waals surface area contributed by atoms with Gasteiger partial charge in [-0.3, -0.25) is 0 Å². The summed E-state index contributed by atoms with van der Waals surface area (Å²) in [5.41, 5.74) is 0. The van der Waals surface area contributed by atoms with E-state index in [-0.39, 0.29) is 0 Å². The maximum atomic E-state index is 3.91. The van der Waals surface area contributed by atoms with Crippen LogP contribution in [0.2, 0.25) is 0 Å². The van der Waals surface area contributed by atoms with Gasteiger partial charge in [0.15, 0.2) is 0 Å². The van der Waals surface area contributed by atoms with E-state index in [9.17, 15) is 0 Å². The Hall–Kier alpha value is -0.480. The Labute approximate surface area is 82.7 Å². The highest BCUT2D eigenvalue weighted by molar-refractivity contribution is 7.05. The molecule has 0 saturated heterocycles. The van der Waals surface area contributed by atoms with Crippen LogP contribution in [0.4, 0.5) is 0 Å². The predicted octanol–water partition coefficient (Wildman–Crippen LogP) is 1.99. The van der Waals surface area contributed by atoms with Crippen LogP contribution >= 0.6 is 11.5 Å². The largest absolute Gasteiger partial charge is 0.312 e. The molecule has 0 aliphatic heterocycles. The molecule has 72 valence electrons. The fourth-order valence-corrected chi connectivity index (χ4v) is 2.92. The molecule has 13 heavy (non-hydrogen) atoms. The highest BCUT2D eigenvalue weighted by Crippen LogP contribution is 2.36. The third-order valence-corrected chi connectivity index (χ3v) is 3.61. The number of nitrogens with zero attached hydrogens (tertiary/aromatic N) is 2. The van der Waals surface area contributed by atoms with Crippen LogP contribution < -0.4 is 5.32 Å². The van der Waals surface area contributed by atoms with Crippen molar-refractivity contribution in [3.63, 3.8) is 0 Å². The molecule has 1 saturated carbocycles. The van der Waals surface area contributed by atoms with Gasteiger partial charge in [-0.2, -0.15) is 0 Å². The summed E-state index contributed by atoms with van der Waals surface area (Å²) in [5.74, 6) is 0.798. The fraction of sp³-hybridized carbons (Fsp3) is 0.778. The first-order valence-electron chi connectivity index (χ1n) is 4.86. The quantitative estimate of drug-likeness (QED) is 0.805. The molecule has 4 heteroatoms. The van der Waals surface area contributed by atoms with E-state index >= 15 is 0 Å². The van der Waals surface area contributed by atoms with Gasteiger partial charge in [0.05, 0.1) is 11.1 Å². The lowest BCUT2D eigenvalue weighted by Gasteiger charge is -2.20. The van der Waals surface area contributed by atoms with Gasteiger partial charge in [-0.05, 0) is 37.3 Å². The summed E-state index contributed by atoms with van der Waals surface area (Å²) in [5, 5.41) is 7.27. The van der Waals surface area contributed by atoms with Crippen LogP contribution in [0.1, 0.15) is 36.6 Å². The maximum Gasteiger partial charge on any atom is 0.0669 e. The minimum absolute atomic E-state index is 0.488. The highest BCUT2D eigenvalue weighted by Gasteiger charge is 2.26. The second-order valence-corrected chi connectivity index (χ2v) is 4.45. The number of hydrogen-bond donors (Lipinski definition) is 1. The third kappa shape index (κ3) is 1.89. The molecule has 1 aliphatic carbocycles. The van der Waals surface area contributed by atoms with Crippen molar-refractivity contribution in [3.05, 3.63) is 11.1 Å². The van der Waals surface area contributed by atoms with E-state index in [4.69, 9.17) is 0 Å². The molecule has 1 fully saturated rings. The lowest BCUT2D eigenvalue weighted by atomic mass is 9.97. The summed E-state index contributed by atoms with van der Waals surface area (Å²) in [6, 6.07) is 0.488. The molecule has 3 nitrogen and oxygen atoms in total. The Kier molecular flexibility index (Phi) is 2.90. The predicted molar refractivity (Wildman–Crippen MR) is 53.7 cm³/mol. The first-order chi connectivity index (χ1) is 6.42. The van der Waals surface area contributed by atoms with Gasteiger partial charge in [0, 0.05) is 6.04 Å². The normalized spacial score (nSPS) is 20.7. The van der Waals surface area contributed by atoms with Gasteiger partial charge >= 0.3 is 0 Å². The summed E-state index contributed by atoms with van der Waals surface area (Å²) in [4.78, 5) is 1.29. The molecular formula is C9H15N3S. The maximum absolute atomic E-state index is 3.91. The fourth-order valence-electron chi connectivity index (χ4n) is 2.21. The lowest BCUT2D eigenvalue weighted by Crippen LogP contribution is -2.22. The number of rotatable bonds is 3. The SMILES string of the molecule is CNC(c1cnns1)C1CCCC1. The minimum atomic E-state index is 0.488. The van der Waals surface area contributed by atoms with Crippen LogP contribution in [-0.4, -0.2) is 16.6 Å². The van der Waals surface area contributed by atoms with E-state index in [0.717, 1.165) is 5.92 Å². The van der Waals surface area contributed by atoms with Crippen molar-refractivity contribution in [2.24, 2.45) is 5.92 Å². The van der Waals surface area contributed by atoms with E-state index in [1.165, 1.54) is 42.1 Å². The average Bonchev–Trinajstić information content (AvgIpc) is 2.76. The van der Waals surface area contributed by atoms with E-state index in [1.54, 1.807) is 0 Å². The zero-order chi connectivity index (χ0) is 9.10. The molecule has 1 heterocycles. The van der Waals surface area contributed by atoms with Crippen LogP contribution in [0.3, 0.4) is 0 Å². The molecule has 1 aliphatic rings. The molecule has 2 rings (SSSR count). The standard InChI is InChI=1S/C9H15N3S/c1-10-9(7-4-2-3-5-7)8-6-11-12-13-8/h6-7,9-10H,2-5H2,1H3. The molecule has 1 aromatic rings. The topological polar surface area (TPSA) is 37.8 Å². The van der Waals surface area contributed by atoms with E-state index in [0.29, 0.717) is 6.04 Å². The first-order valence-corrected chi connectivity index (χ1v) is 5.63. The Morgan fingerprint density at radius 1 is 1.54 bits per heavy atom. The van der Waals surface area contributed by atoms with Gasteiger partial charge in [0.25, 0.3) is 0 Å². The van der Waals surface area contributed by atoms with Gasteiger partial charge in [-0.1, -0.05) is 17.3 Å². The van der Waals surface area contributed by atoms with E-state index in [2.05, 4.69) is 14.9 Å². The van der Waals surface area contributed by atoms with E-state index in [1.807, 2.05) is 13.2 Å². The van der Waals surface area contributed by atoms with Crippen LogP contribution in [0.15, 0.2) is 6.20 Å². The van der Waals surface area contributed by atoms with Gasteiger partial charge < -0.3 is 5.32 Å². The van der Waals surface area contributed by atoms with Crippen molar-refractivity contribution >= 4 is 11.5 Å². The Morgan fingerprint density at radius 3 is 2.85 bits per heavy atom. The van der Waals surface area contributed by atoms with Crippen LogP contribution in [0.25, 0.3) is 0 Å². The molecule has 1 aromatic heterocycles. The Balaban J connectivity index is 2.08. The van der Waals surface area contributed by atoms with Crippen molar-refractivity contribution in [2.75, 3.05) is 7.05 Å². The van der Waals surface area contributed by atoms with Crippen LogP contribution in [0.5, 0.6) is 0 Å². The average molecular weight is 197 g/mol. The number of hydrogen-bond acceptors (Lipinski definition) is 4. The van der Waals surface area contributed by atoms with Gasteiger partial charge in [0.2, 0.25) is 0 Å². The second-order valence-electron chi connectivity index (χ2n) is 3.63. The number of nitrogens with one attached hydrogen (secondary N) is 1. The van der Waals surface area contributed by atoms with Crippen molar-refractivity contribution in [2.45, 2.75) is 31.7 Å². The summed E-state index contributed by atoms with van der Waals surface area (Å²) in [6.07, 6.45) is 7.36. The summed E-state index contributed by atoms with van der Waals surface area (Å²) in [7, 11) is 2.03. The van der Waals surface area contributed by atoms with Crippen molar-refractivity contribution in [1.82, 2.24) is 14.9 Å². The van der Waals surface area contributed by atoms with Gasteiger partial charge in [0.1, 0.15) is 0 Å². The van der Waals surface area contributed by atoms with Crippen molar-refractivity contribution in [1.29, 1.82) is 0 Å². The molecule has 1 atom stereocenters. The molecule has 0 spiro atoms. The van der Waals surface area contributed by atoms with Crippen LogP contribution in [-0.2, 0) is 0 Å². The van der Waals surface area contributed by atoms with Crippen molar-refractivity contribution < 1.29 is 0 Å². The smallest absolute Gasteiger partial charge is 0.0669 e. The van der Waals surface area contributed by atoms with E-state index < -0.39 is 0 Å². The molecule has 0 aromatic carbocycles. The number of aromatic nitrogens is 2. The molecule has 1 N–H and O–H groups in total. The molecule has 0 bridgehead atoms. The summed E-state index contributed by atoms with van der Waals surface area (Å²) >= 11 is 1.52. The zero-order valence-corrected chi connectivity index (χ0v) is 8.68. The summed E-state index contributed by atoms with van der Waals surface area (Å²) in [6.45, 7) is 0. The summed E-state index contributed by atoms with van der Waals surface area (Å²) < 4.78 is 3.91. The molecule has 0 amide bonds. The monoisotopic (exact) mass is 197 g/mol. The minimum Gasteiger partial charge on any atom is -0.312 e.